The van der Waals surface area contributed by atoms with Crippen molar-refractivity contribution in [2.75, 3.05) is 25.6 Å². The monoisotopic (exact) mass is 343 g/mol. The van der Waals surface area contributed by atoms with E-state index in [1.165, 1.54) is 0 Å². The molecule has 2 bridgehead atoms. The van der Waals surface area contributed by atoms with E-state index in [0.717, 1.165) is 31.4 Å². The SMILES string of the molecule is COCCNC(=O)[C@H]1C[C@H]2CC[C@@H]1C[C@@]21NC(=O)c2ccccc2N1. The van der Waals surface area contributed by atoms with E-state index in [4.69, 9.17) is 4.74 Å². The number of anilines is 1. The van der Waals surface area contributed by atoms with Crippen molar-refractivity contribution in [2.45, 2.75) is 31.3 Å². The van der Waals surface area contributed by atoms with Crippen LogP contribution in [0.5, 0.6) is 0 Å². The number of ether oxygens (including phenoxy) is 1. The smallest absolute Gasteiger partial charge is 0.255 e. The Kier molecular flexibility index (Phi) is 4.15. The molecule has 0 unspecified atom stereocenters. The lowest BCUT2D eigenvalue weighted by Crippen LogP contribution is -2.68. The number of carbonyl (C=O) groups excluding carboxylic acids is 2. The van der Waals surface area contributed by atoms with Crippen molar-refractivity contribution in [3.05, 3.63) is 29.8 Å². The standard InChI is InChI=1S/C19H25N3O3/c1-25-9-8-20-17(23)15-10-13-7-6-12(15)11-19(13)21-16-5-3-2-4-14(16)18(24)22-19/h2-5,12-13,15,21H,6-11H2,1H3,(H,20,23)(H,22,24)/t12-,13-,15+,19-/m1/s1. The van der Waals surface area contributed by atoms with E-state index in [1.54, 1.807) is 7.11 Å². The summed E-state index contributed by atoms with van der Waals surface area (Å²) >= 11 is 0. The van der Waals surface area contributed by atoms with Crippen LogP contribution >= 0.6 is 0 Å². The fraction of sp³-hybridized carbons (Fsp3) is 0.579. The minimum atomic E-state index is -0.405. The molecule has 5 rings (SSSR count). The molecule has 3 fully saturated rings. The molecule has 0 radical (unpaired) electrons. The summed E-state index contributed by atoms with van der Waals surface area (Å²) in [6.45, 7) is 1.08. The molecule has 3 N–H and O–H groups in total. The van der Waals surface area contributed by atoms with Gasteiger partial charge in [0.05, 0.1) is 12.2 Å². The van der Waals surface area contributed by atoms with Crippen molar-refractivity contribution in [3.8, 4) is 0 Å². The Morgan fingerprint density at radius 2 is 2.16 bits per heavy atom. The Balaban J connectivity index is 1.51. The normalized spacial score (nSPS) is 32.7. The van der Waals surface area contributed by atoms with E-state index in [2.05, 4.69) is 16.0 Å². The number of hydrogen-bond donors (Lipinski definition) is 3. The number of hydrogen-bond acceptors (Lipinski definition) is 4. The first-order valence-electron chi connectivity index (χ1n) is 9.09. The van der Waals surface area contributed by atoms with Crippen molar-refractivity contribution >= 4 is 17.5 Å². The van der Waals surface area contributed by atoms with Crippen LogP contribution in [0.15, 0.2) is 24.3 Å². The van der Waals surface area contributed by atoms with Gasteiger partial charge in [-0.05, 0) is 43.7 Å². The first kappa shape index (κ1) is 16.4. The maximum atomic E-state index is 12.6. The van der Waals surface area contributed by atoms with Crippen molar-refractivity contribution in [1.82, 2.24) is 10.6 Å². The lowest BCUT2D eigenvalue weighted by atomic mass is 9.58. The van der Waals surface area contributed by atoms with Gasteiger partial charge in [0.2, 0.25) is 5.91 Å². The van der Waals surface area contributed by atoms with Crippen molar-refractivity contribution in [3.63, 3.8) is 0 Å². The van der Waals surface area contributed by atoms with Gasteiger partial charge >= 0.3 is 0 Å². The number of carbonyl (C=O) groups is 2. The molecule has 1 aromatic carbocycles. The second-order valence-corrected chi connectivity index (χ2v) is 7.46. The van der Waals surface area contributed by atoms with Gasteiger partial charge in [0, 0.05) is 31.2 Å². The van der Waals surface area contributed by atoms with E-state index in [0.29, 0.717) is 24.6 Å². The number of methoxy groups -OCH3 is 1. The molecule has 3 saturated carbocycles. The van der Waals surface area contributed by atoms with E-state index in [9.17, 15) is 9.59 Å². The minimum absolute atomic E-state index is 0.0111. The Bertz CT molecular complexity index is 692. The van der Waals surface area contributed by atoms with Crippen molar-refractivity contribution < 1.29 is 14.3 Å². The highest BCUT2D eigenvalue weighted by Crippen LogP contribution is 2.51. The van der Waals surface area contributed by atoms with Crippen LogP contribution in [-0.4, -0.2) is 37.7 Å². The second kappa shape index (κ2) is 6.33. The van der Waals surface area contributed by atoms with E-state index >= 15 is 0 Å². The highest BCUT2D eigenvalue weighted by molar-refractivity contribution is 6.02. The molecular weight excluding hydrogens is 318 g/mol. The summed E-state index contributed by atoms with van der Waals surface area (Å²) in [5.74, 6) is 0.725. The number of para-hydroxylation sites is 1. The topological polar surface area (TPSA) is 79.5 Å². The first-order valence-corrected chi connectivity index (χ1v) is 9.09. The van der Waals surface area contributed by atoms with E-state index in [-0.39, 0.29) is 23.7 Å². The van der Waals surface area contributed by atoms with Crippen molar-refractivity contribution in [2.24, 2.45) is 17.8 Å². The fourth-order valence-electron chi connectivity index (χ4n) is 4.87. The molecule has 1 aromatic rings. The van der Waals surface area contributed by atoms with E-state index in [1.807, 2.05) is 24.3 Å². The predicted molar refractivity (Wildman–Crippen MR) is 94.1 cm³/mol. The molecule has 134 valence electrons. The largest absolute Gasteiger partial charge is 0.383 e. The Morgan fingerprint density at radius 1 is 1.32 bits per heavy atom. The van der Waals surface area contributed by atoms with Gasteiger partial charge in [-0.1, -0.05) is 12.1 Å². The number of rotatable bonds is 4. The molecule has 1 spiro atoms. The lowest BCUT2D eigenvalue weighted by Gasteiger charge is -2.56. The number of nitrogens with one attached hydrogen (secondary N) is 3. The molecule has 0 aromatic heterocycles. The maximum absolute atomic E-state index is 12.6. The third kappa shape index (κ3) is 2.78. The average molecular weight is 343 g/mol. The Hall–Kier alpha value is -2.08. The summed E-state index contributed by atoms with van der Waals surface area (Å²) < 4.78 is 5.00. The van der Waals surface area contributed by atoms with Crippen LogP contribution < -0.4 is 16.0 Å². The molecule has 25 heavy (non-hydrogen) atoms. The van der Waals surface area contributed by atoms with Gasteiger partial charge < -0.3 is 20.7 Å². The van der Waals surface area contributed by atoms with Crippen LogP contribution in [0.1, 0.15) is 36.0 Å². The number of benzene rings is 1. The average Bonchev–Trinajstić information content (AvgIpc) is 2.62. The zero-order valence-corrected chi connectivity index (χ0v) is 14.5. The molecule has 4 aliphatic rings. The lowest BCUT2D eigenvalue weighted by molar-refractivity contribution is -0.132. The molecule has 2 amide bonds. The Labute approximate surface area is 147 Å². The van der Waals surface area contributed by atoms with Gasteiger partial charge in [0.25, 0.3) is 5.91 Å². The zero-order chi connectivity index (χ0) is 17.4. The molecular formula is C19H25N3O3. The fourth-order valence-corrected chi connectivity index (χ4v) is 4.87. The summed E-state index contributed by atoms with van der Waals surface area (Å²) in [5, 5.41) is 9.81. The Morgan fingerprint density at radius 3 is 2.92 bits per heavy atom. The molecule has 3 aliphatic carbocycles. The molecule has 6 nitrogen and oxygen atoms in total. The quantitative estimate of drug-likeness (QED) is 0.728. The highest BCUT2D eigenvalue weighted by Gasteiger charge is 2.55. The summed E-state index contributed by atoms with van der Waals surface area (Å²) in [6, 6.07) is 7.64. The molecule has 6 heteroatoms. The van der Waals surface area contributed by atoms with Crippen LogP contribution in [0.3, 0.4) is 0 Å². The summed E-state index contributed by atoms with van der Waals surface area (Å²) in [6.07, 6.45) is 3.72. The van der Waals surface area contributed by atoms with Crippen LogP contribution in [0.2, 0.25) is 0 Å². The number of amides is 2. The van der Waals surface area contributed by atoms with Gasteiger partial charge in [0.1, 0.15) is 5.66 Å². The van der Waals surface area contributed by atoms with Gasteiger partial charge in [-0.25, -0.2) is 0 Å². The molecule has 0 saturated heterocycles. The molecule has 1 heterocycles. The van der Waals surface area contributed by atoms with Crippen LogP contribution in [0, 0.1) is 17.8 Å². The van der Waals surface area contributed by atoms with Crippen LogP contribution in [0.25, 0.3) is 0 Å². The summed E-state index contributed by atoms with van der Waals surface area (Å²) in [4.78, 5) is 25.1. The van der Waals surface area contributed by atoms with Gasteiger partial charge in [-0.3, -0.25) is 9.59 Å². The minimum Gasteiger partial charge on any atom is -0.383 e. The maximum Gasteiger partial charge on any atom is 0.255 e. The molecule has 1 aliphatic heterocycles. The highest BCUT2D eigenvalue weighted by atomic mass is 16.5. The third-order valence-corrected chi connectivity index (χ3v) is 6.08. The van der Waals surface area contributed by atoms with Crippen LogP contribution in [0.4, 0.5) is 5.69 Å². The predicted octanol–water partition coefficient (Wildman–Crippen LogP) is 1.74. The van der Waals surface area contributed by atoms with Crippen molar-refractivity contribution in [1.29, 1.82) is 0 Å². The van der Waals surface area contributed by atoms with Crippen LogP contribution in [-0.2, 0) is 9.53 Å². The zero-order valence-electron chi connectivity index (χ0n) is 14.5. The third-order valence-electron chi connectivity index (χ3n) is 6.08. The second-order valence-electron chi connectivity index (χ2n) is 7.46. The van der Waals surface area contributed by atoms with Gasteiger partial charge in [0.15, 0.2) is 0 Å². The molecule has 4 atom stereocenters. The van der Waals surface area contributed by atoms with Gasteiger partial charge in [-0.2, -0.15) is 0 Å². The first-order chi connectivity index (χ1) is 12.1. The summed E-state index contributed by atoms with van der Waals surface area (Å²) in [5.41, 5.74) is 1.20. The number of fused-ring (bicyclic) bond motifs is 3. The van der Waals surface area contributed by atoms with E-state index < -0.39 is 5.66 Å². The summed E-state index contributed by atoms with van der Waals surface area (Å²) in [7, 11) is 1.63. The van der Waals surface area contributed by atoms with Gasteiger partial charge in [-0.15, -0.1) is 0 Å².